The molecule has 3 heterocycles. The zero-order valence-corrected chi connectivity index (χ0v) is 31.5. The van der Waals surface area contributed by atoms with Crippen LogP contribution in [0, 0.1) is 6.92 Å². The monoisotopic (exact) mass is 804 g/mol. The first-order chi connectivity index (χ1) is 28.9. The number of imidazole rings is 3. The molecule has 0 saturated heterocycles. The van der Waals surface area contributed by atoms with E-state index in [4.69, 9.17) is 15.0 Å². The van der Waals surface area contributed by atoms with Crippen molar-refractivity contribution in [1.29, 1.82) is 0 Å². The molecule has 0 aliphatic heterocycles. The largest absolute Gasteiger partial charge is 0.416 e. The molecule has 3 aromatic heterocycles. The number of alkyl halides is 6. The van der Waals surface area contributed by atoms with Crippen molar-refractivity contribution >= 4 is 33.1 Å². The Morgan fingerprint density at radius 1 is 0.367 bits per heavy atom. The maximum Gasteiger partial charge on any atom is 0.416 e. The lowest BCUT2D eigenvalue weighted by molar-refractivity contribution is -0.138. The Morgan fingerprint density at radius 3 is 1.05 bits per heavy atom. The molecular formula is C48H30F6N6. The van der Waals surface area contributed by atoms with Crippen molar-refractivity contribution in [2.24, 2.45) is 0 Å². The second kappa shape index (κ2) is 13.8. The van der Waals surface area contributed by atoms with Gasteiger partial charge in [0.2, 0.25) is 0 Å². The standard InChI is InChI=1S/C48H30F6N6/c1-29-11-8-14-35(23-29)58-41-20-5-2-17-38(41)55-44(58)30-24-31(45-56-39-18-3-6-21-42(39)59(45)36-15-9-12-33(27-36)47(49,50)51)26-32(25-30)46-57-40-19-4-7-22-43(40)60(46)37-16-10-13-34(28-37)48(52,53)54/h2-28H,1H3. The average molecular weight is 805 g/mol. The summed E-state index contributed by atoms with van der Waals surface area (Å²) in [5, 5.41) is 0. The smallest absolute Gasteiger partial charge is 0.292 e. The van der Waals surface area contributed by atoms with Gasteiger partial charge in [-0.3, -0.25) is 13.7 Å². The summed E-state index contributed by atoms with van der Waals surface area (Å²) in [6.45, 7) is 2.00. The van der Waals surface area contributed by atoms with E-state index in [1.807, 2.05) is 78.2 Å². The predicted octanol–water partition coefficient (Wildman–Crippen LogP) is 13.1. The molecule has 294 valence electrons. The quantitative estimate of drug-likeness (QED) is 0.157. The molecular weight excluding hydrogens is 775 g/mol. The van der Waals surface area contributed by atoms with Gasteiger partial charge in [0, 0.05) is 33.8 Å². The molecule has 10 aromatic rings. The van der Waals surface area contributed by atoms with Crippen LogP contribution in [-0.2, 0) is 12.4 Å². The molecule has 6 nitrogen and oxygen atoms in total. The number of fused-ring (bicyclic) bond motifs is 3. The molecule has 0 spiro atoms. The Bertz CT molecular complexity index is 3120. The van der Waals surface area contributed by atoms with Gasteiger partial charge in [-0.15, -0.1) is 0 Å². The second-order valence-electron chi connectivity index (χ2n) is 14.5. The number of hydrogen-bond donors (Lipinski definition) is 0. The molecule has 0 N–H and O–H groups in total. The molecule has 0 atom stereocenters. The molecule has 0 fully saturated rings. The van der Waals surface area contributed by atoms with Crippen molar-refractivity contribution in [1.82, 2.24) is 28.7 Å². The molecule has 12 heteroatoms. The minimum atomic E-state index is -4.60. The Labute approximate surface area is 338 Å². The Hall–Kier alpha value is -7.47. The van der Waals surface area contributed by atoms with Gasteiger partial charge in [0.1, 0.15) is 17.5 Å². The van der Waals surface area contributed by atoms with E-state index in [1.165, 1.54) is 12.1 Å². The van der Waals surface area contributed by atoms with Gasteiger partial charge < -0.3 is 0 Å². The lowest BCUT2D eigenvalue weighted by Gasteiger charge is -2.16. The van der Waals surface area contributed by atoms with E-state index in [2.05, 4.69) is 0 Å². The number of aromatic nitrogens is 6. The van der Waals surface area contributed by atoms with Crippen molar-refractivity contribution in [2.75, 3.05) is 0 Å². The fourth-order valence-corrected chi connectivity index (χ4v) is 7.87. The van der Waals surface area contributed by atoms with E-state index in [1.54, 1.807) is 69.8 Å². The van der Waals surface area contributed by atoms with E-state index < -0.39 is 23.5 Å². The van der Waals surface area contributed by atoms with Gasteiger partial charge >= 0.3 is 12.4 Å². The highest BCUT2D eigenvalue weighted by atomic mass is 19.4. The highest BCUT2D eigenvalue weighted by Gasteiger charge is 2.32. The fraction of sp³-hybridized carbons (Fsp3) is 0.0625. The number of halogens is 6. The van der Waals surface area contributed by atoms with Crippen LogP contribution in [0.2, 0.25) is 0 Å². The van der Waals surface area contributed by atoms with Crippen LogP contribution in [0.5, 0.6) is 0 Å². The molecule has 0 bridgehead atoms. The molecule has 0 unspecified atom stereocenters. The molecule has 10 rings (SSSR count). The maximum atomic E-state index is 14.2. The fourth-order valence-electron chi connectivity index (χ4n) is 7.87. The SMILES string of the molecule is Cc1cccc(-n2c(-c3cc(-c4nc5ccccc5n4-c4cccc(C(F)(F)F)c4)cc(-c4nc5ccccc5n4-c4cccc(C(F)(F)F)c4)c3)nc3ccccc32)c1. The normalized spacial score (nSPS) is 12.2. The van der Waals surface area contributed by atoms with Gasteiger partial charge in [0.25, 0.3) is 0 Å². The third-order valence-corrected chi connectivity index (χ3v) is 10.5. The average Bonchev–Trinajstić information content (AvgIpc) is 3.95. The van der Waals surface area contributed by atoms with E-state index in [0.717, 1.165) is 41.0 Å². The summed E-state index contributed by atoms with van der Waals surface area (Å²) in [7, 11) is 0. The topological polar surface area (TPSA) is 53.5 Å². The molecule has 0 aliphatic rings. The van der Waals surface area contributed by atoms with E-state index in [0.29, 0.717) is 61.7 Å². The summed E-state index contributed by atoms with van der Waals surface area (Å²) in [6, 6.07) is 45.8. The Morgan fingerprint density at radius 2 is 0.700 bits per heavy atom. The number of rotatable bonds is 6. The third-order valence-electron chi connectivity index (χ3n) is 10.5. The van der Waals surface area contributed by atoms with Crippen LogP contribution < -0.4 is 0 Å². The minimum Gasteiger partial charge on any atom is -0.292 e. The van der Waals surface area contributed by atoms with Crippen molar-refractivity contribution in [3.63, 3.8) is 0 Å². The van der Waals surface area contributed by atoms with Gasteiger partial charge in [-0.2, -0.15) is 26.3 Å². The highest BCUT2D eigenvalue weighted by Crippen LogP contribution is 2.40. The van der Waals surface area contributed by atoms with E-state index in [-0.39, 0.29) is 11.4 Å². The number of benzene rings is 7. The second-order valence-corrected chi connectivity index (χ2v) is 14.5. The number of nitrogens with zero attached hydrogens (tertiary/aromatic N) is 6. The minimum absolute atomic E-state index is 0.240. The van der Waals surface area contributed by atoms with Crippen LogP contribution in [0.3, 0.4) is 0 Å². The lowest BCUT2D eigenvalue weighted by atomic mass is 10.0. The summed E-state index contributed by atoms with van der Waals surface area (Å²) < 4.78 is 90.4. The summed E-state index contributed by atoms with van der Waals surface area (Å²) in [6.07, 6.45) is -9.20. The first-order valence-electron chi connectivity index (χ1n) is 18.9. The number of hydrogen-bond acceptors (Lipinski definition) is 3. The zero-order chi connectivity index (χ0) is 41.3. The van der Waals surface area contributed by atoms with Gasteiger partial charge in [-0.25, -0.2) is 15.0 Å². The summed E-state index contributed by atoms with van der Waals surface area (Å²) in [5.74, 6) is 1.21. The van der Waals surface area contributed by atoms with Crippen molar-refractivity contribution in [3.05, 3.63) is 180 Å². The van der Waals surface area contributed by atoms with Crippen molar-refractivity contribution in [2.45, 2.75) is 19.3 Å². The predicted molar refractivity (Wildman–Crippen MR) is 221 cm³/mol. The van der Waals surface area contributed by atoms with Crippen molar-refractivity contribution < 1.29 is 26.3 Å². The van der Waals surface area contributed by atoms with Crippen LogP contribution in [0.15, 0.2) is 164 Å². The van der Waals surface area contributed by atoms with Gasteiger partial charge in [-0.1, -0.05) is 60.7 Å². The van der Waals surface area contributed by atoms with Crippen LogP contribution in [0.4, 0.5) is 26.3 Å². The van der Waals surface area contributed by atoms with Gasteiger partial charge in [0.15, 0.2) is 0 Å². The van der Waals surface area contributed by atoms with E-state index in [9.17, 15) is 26.3 Å². The van der Waals surface area contributed by atoms with E-state index >= 15 is 0 Å². The van der Waals surface area contributed by atoms with Gasteiger partial charge in [0.05, 0.1) is 44.2 Å². The van der Waals surface area contributed by atoms with Crippen LogP contribution in [-0.4, -0.2) is 28.7 Å². The molecule has 7 aromatic carbocycles. The first-order valence-corrected chi connectivity index (χ1v) is 18.9. The Balaban J connectivity index is 1.31. The van der Waals surface area contributed by atoms with Crippen molar-refractivity contribution in [3.8, 4) is 51.2 Å². The highest BCUT2D eigenvalue weighted by molar-refractivity contribution is 5.90. The van der Waals surface area contributed by atoms with Crippen LogP contribution in [0.1, 0.15) is 16.7 Å². The summed E-state index contributed by atoms with van der Waals surface area (Å²) >= 11 is 0. The third kappa shape index (κ3) is 6.37. The Kier molecular flexibility index (Phi) is 8.49. The summed E-state index contributed by atoms with van der Waals surface area (Å²) in [5.41, 5.74) is 6.09. The zero-order valence-electron chi connectivity index (χ0n) is 31.5. The van der Waals surface area contributed by atoms with Gasteiger partial charge in [-0.05, 0) is 116 Å². The lowest BCUT2D eigenvalue weighted by Crippen LogP contribution is -2.07. The number of aryl methyl sites for hydroxylation is 1. The molecule has 0 aliphatic carbocycles. The molecule has 0 saturated carbocycles. The summed E-state index contributed by atoms with van der Waals surface area (Å²) in [4.78, 5) is 15.2. The molecule has 0 radical (unpaired) electrons. The number of para-hydroxylation sites is 6. The van der Waals surface area contributed by atoms with Crippen LogP contribution in [0.25, 0.3) is 84.3 Å². The van der Waals surface area contributed by atoms with Crippen LogP contribution >= 0.6 is 0 Å². The first kappa shape index (κ1) is 36.8. The maximum absolute atomic E-state index is 14.2. The molecule has 0 amide bonds. The molecule has 60 heavy (non-hydrogen) atoms.